The predicted molar refractivity (Wildman–Crippen MR) is 101 cm³/mol. The summed E-state index contributed by atoms with van der Waals surface area (Å²) in [5, 5.41) is 3.32. The highest BCUT2D eigenvalue weighted by molar-refractivity contribution is 5.94. The van der Waals surface area contributed by atoms with E-state index in [1.54, 1.807) is 6.07 Å². The van der Waals surface area contributed by atoms with E-state index in [0.29, 0.717) is 24.1 Å². The van der Waals surface area contributed by atoms with Gasteiger partial charge in [-0.15, -0.1) is 0 Å². The summed E-state index contributed by atoms with van der Waals surface area (Å²) in [7, 11) is 0. The van der Waals surface area contributed by atoms with Crippen LogP contribution in [0, 0.1) is 29.1 Å². The van der Waals surface area contributed by atoms with Gasteiger partial charge in [0.2, 0.25) is 5.91 Å². The van der Waals surface area contributed by atoms with Crippen molar-refractivity contribution in [1.29, 1.82) is 0 Å². The van der Waals surface area contributed by atoms with Gasteiger partial charge in [-0.1, -0.05) is 0 Å². The lowest BCUT2D eigenvalue weighted by Crippen LogP contribution is -2.52. The average molecular weight is 370 g/mol. The highest BCUT2D eigenvalue weighted by Crippen LogP contribution is 2.59. The van der Waals surface area contributed by atoms with Crippen LogP contribution in [0.5, 0.6) is 0 Å². The maximum atomic E-state index is 12.8. The third-order valence-electron chi connectivity index (χ3n) is 7.72. The molecule has 4 aliphatic carbocycles. The van der Waals surface area contributed by atoms with Gasteiger partial charge in [-0.2, -0.15) is 0 Å². The third kappa shape index (κ3) is 3.30. The van der Waals surface area contributed by atoms with Crippen molar-refractivity contribution in [3.63, 3.8) is 0 Å². The third-order valence-corrected chi connectivity index (χ3v) is 7.72. The summed E-state index contributed by atoms with van der Waals surface area (Å²) >= 11 is 0. The largest absolute Gasteiger partial charge is 0.472 e. The minimum absolute atomic E-state index is 0.0103. The number of nitrogens with zero attached hydrogens (tertiary/aromatic N) is 1. The lowest BCUT2D eigenvalue weighted by molar-refractivity contribution is -0.128. The molecule has 1 saturated heterocycles. The van der Waals surface area contributed by atoms with Gasteiger partial charge in [0, 0.05) is 25.6 Å². The predicted octanol–water partition coefficient (Wildman–Crippen LogP) is 3.46. The van der Waals surface area contributed by atoms with Crippen LogP contribution < -0.4 is 5.32 Å². The molecular formula is C22H30N2O3. The summed E-state index contributed by atoms with van der Waals surface area (Å²) in [6.45, 7) is 2.18. The van der Waals surface area contributed by atoms with Crippen molar-refractivity contribution in [3.05, 3.63) is 24.2 Å². The van der Waals surface area contributed by atoms with Crippen LogP contribution >= 0.6 is 0 Å². The number of carbonyl (C=O) groups is 2. The van der Waals surface area contributed by atoms with Gasteiger partial charge in [0.05, 0.1) is 11.8 Å². The summed E-state index contributed by atoms with van der Waals surface area (Å²) in [6.07, 6.45) is 12.9. The van der Waals surface area contributed by atoms with Crippen molar-refractivity contribution < 1.29 is 14.0 Å². The molecule has 27 heavy (non-hydrogen) atoms. The van der Waals surface area contributed by atoms with Crippen LogP contribution in [-0.2, 0) is 4.79 Å². The first-order valence-electron chi connectivity index (χ1n) is 10.7. The summed E-state index contributed by atoms with van der Waals surface area (Å²) in [5.74, 6) is 3.03. The summed E-state index contributed by atoms with van der Waals surface area (Å²) in [4.78, 5) is 27.0. The van der Waals surface area contributed by atoms with Crippen molar-refractivity contribution in [3.8, 4) is 0 Å². The Balaban J connectivity index is 1.12. The van der Waals surface area contributed by atoms with Gasteiger partial charge < -0.3 is 14.6 Å². The Kier molecular flexibility index (Phi) is 4.29. The van der Waals surface area contributed by atoms with E-state index in [9.17, 15) is 9.59 Å². The van der Waals surface area contributed by atoms with Crippen LogP contribution in [-0.4, -0.2) is 36.3 Å². The lowest BCUT2D eigenvalue weighted by Gasteiger charge is -2.57. The normalized spacial score (nSPS) is 35.4. The van der Waals surface area contributed by atoms with Gasteiger partial charge in [-0.3, -0.25) is 9.59 Å². The van der Waals surface area contributed by atoms with E-state index in [2.05, 4.69) is 5.32 Å². The SMILES string of the molecule is O=C(NCC12CC3CC(CC(C3)C1)C2)C1CCN(C(=O)c2ccoc2)CC1. The van der Waals surface area contributed by atoms with Gasteiger partial charge in [0.15, 0.2) is 0 Å². The molecule has 1 aromatic heterocycles. The zero-order valence-corrected chi connectivity index (χ0v) is 16.0. The van der Waals surface area contributed by atoms with E-state index in [1.165, 1.54) is 51.1 Å². The molecule has 5 heteroatoms. The molecule has 6 rings (SSSR count). The minimum atomic E-state index is 0.0103. The number of amides is 2. The monoisotopic (exact) mass is 370 g/mol. The number of likely N-dealkylation sites (tertiary alicyclic amines) is 1. The Morgan fingerprint density at radius 3 is 2.26 bits per heavy atom. The van der Waals surface area contributed by atoms with Crippen molar-refractivity contribution in [2.24, 2.45) is 29.1 Å². The molecule has 1 aliphatic heterocycles. The van der Waals surface area contributed by atoms with Crippen LogP contribution in [0.2, 0.25) is 0 Å². The van der Waals surface area contributed by atoms with Crippen molar-refractivity contribution >= 4 is 11.8 Å². The zero-order valence-electron chi connectivity index (χ0n) is 16.0. The number of nitrogens with one attached hydrogen (secondary N) is 1. The van der Waals surface area contributed by atoms with Gasteiger partial charge in [0.1, 0.15) is 6.26 Å². The van der Waals surface area contributed by atoms with Crippen LogP contribution in [0.3, 0.4) is 0 Å². The van der Waals surface area contributed by atoms with E-state index in [0.717, 1.165) is 37.1 Å². The Morgan fingerprint density at radius 2 is 1.70 bits per heavy atom. The summed E-state index contributed by atoms with van der Waals surface area (Å²) in [5.41, 5.74) is 0.988. The van der Waals surface area contributed by atoms with Crippen molar-refractivity contribution in [2.45, 2.75) is 51.4 Å². The first-order valence-corrected chi connectivity index (χ1v) is 10.7. The first kappa shape index (κ1) is 17.3. The fourth-order valence-electron chi connectivity index (χ4n) is 6.84. The van der Waals surface area contributed by atoms with E-state index in [1.807, 2.05) is 4.90 Å². The lowest BCUT2D eigenvalue weighted by atomic mass is 9.49. The van der Waals surface area contributed by atoms with E-state index < -0.39 is 0 Å². The maximum Gasteiger partial charge on any atom is 0.257 e. The Labute approximate surface area is 160 Å². The van der Waals surface area contributed by atoms with Gasteiger partial charge in [-0.05, 0) is 80.6 Å². The second-order valence-corrected chi connectivity index (χ2v) is 9.71. The molecule has 2 heterocycles. The molecule has 0 spiro atoms. The number of piperidine rings is 1. The molecule has 5 aliphatic rings. The first-order chi connectivity index (χ1) is 13.1. The fraction of sp³-hybridized carbons (Fsp3) is 0.727. The van der Waals surface area contributed by atoms with Crippen LogP contribution in [0.4, 0.5) is 0 Å². The maximum absolute atomic E-state index is 12.8. The molecule has 4 bridgehead atoms. The number of hydrogen-bond acceptors (Lipinski definition) is 3. The van der Waals surface area contributed by atoms with Crippen molar-refractivity contribution in [1.82, 2.24) is 10.2 Å². The molecule has 1 aromatic rings. The number of furan rings is 1. The molecule has 0 unspecified atom stereocenters. The number of hydrogen-bond donors (Lipinski definition) is 1. The molecule has 5 fully saturated rings. The molecule has 4 saturated carbocycles. The van der Waals surface area contributed by atoms with Gasteiger partial charge >= 0.3 is 0 Å². The molecule has 0 atom stereocenters. The summed E-state index contributed by atoms with van der Waals surface area (Å²) in [6, 6.07) is 1.70. The second-order valence-electron chi connectivity index (χ2n) is 9.71. The minimum Gasteiger partial charge on any atom is -0.472 e. The molecule has 0 aromatic carbocycles. The van der Waals surface area contributed by atoms with Crippen LogP contribution in [0.1, 0.15) is 61.7 Å². The van der Waals surface area contributed by atoms with E-state index in [4.69, 9.17) is 4.42 Å². The molecular weight excluding hydrogens is 340 g/mol. The molecule has 2 amide bonds. The topological polar surface area (TPSA) is 62.6 Å². The standard InChI is InChI=1S/C22H30N2O3/c25-20(18-1-4-24(5-2-18)21(26)19-3-6-27-13-19)23-14-22-10-15-7-16(11-22)9-17(8-15)12-22/h3,6,13,15-18H,1-2,4-5,7-12,14H2,(H,23,25). The molecule has 146 valence electrons. The fourth-order valence-corrected chi connectivity index (χ4v) is 6.84. The zero-order chi connectivity index (χ0) is 18.4. The average Bonchev–Trinajstić information content (AvgIpc) is 3.19. The van der Waals surface area contributed by atoms with Gasteiger partial charge in [0.25, 0.3) is 5.91 Å². The van der Waals surface area contributed by atoms with E-state index in [-0.39, 0.29) is 17.7 Å². The number of rotatable bonds is 4. The Bertz CT molecular complexity index is 668. The smallest absolute Gasteiger partial charge is 0.257 e. The van der Waals surface area contributed by atoms with Crippen LogP contribution in [0.15, 0.2) is 23.0 Å². The summed E-state index contributed by atoms with van der Waals surface area (Å²) < 4.78 is 5.01. The molecule has 0 radical (unpaired) electrons. The highest BCUT2D eigenvalue weighted by atomic mass is 16.3. The Hall–Kier alpha value is -1.78. The van der Waals surface area contributed by atoms with Crippen molar-refractivity contribution in [2.75, 3.05) is 19.6 Å². The van der Waals surface area contributed by atoms with E-state index >= 15 is 0 Å². The second kappa shape index (κ2) is 6.68. The molecule has 5 nitrogen and oxygen atoms in total. The Morgan fingerprint density at radius 1 is 1.07 bits per heavy atom. The van der Waals surface area contributed by atoms with Crippen LogP contribution in [0.25, 0.3) is 0 Å². The number of carbonyl (C=O) groups excluding carboxylic acids is 2. The highest BCUT2D eigenvalue weighted by Gasteiger charge is 2.50. The quantitative estimate of drug-likeness (QED) is 0.883. The van der Waals surface area contributed by atoms with Gasteiger partial charge in [-0.25, -0.2) is 0 Å². The molecule has 1 N–H and O–H groups in total.